The second-order valence-electron chi connectivity index (χ2n) is 5.96. The second kappa shape index (κ2) is 5.05. The minimum absolute atomic E-state index is 0.367. The number of aromatic nitrogens is 4. The molecule has 1 atom stereocenters. The van der Waals surface area contributed by atoms with E-state index >= 15 is 0 Å². The summed E-state index contributed by atoms with van der Waals surface area (Å²) in [6.45, 7) is 5.38. The Hall–Kier alpha value is -1.95. The SMILES string of the molecule is Cc1sc2ncnc(N3CCCC3c3cnn(C)c3)c2c1C. The van der Waals surface area contributed by atoms with Crippen molar-refractivity contribution in [3.63, 3.8) is 0 Å². The van der Waals surface area contributed by atoms with E-state index in [4.69, 9.17) is 0 Å². The highest BCUT2D eigenvalue weighted by molar-refractivity contribution is 7.18. The van der Waals surface area contributed by atoms with Gasteiger partial charge in [0.25, 0.3) is 0 Å². The van der Waals surface area contributed by atoms with E-state index in [1.54, 1.807) is 17.7 Å². The zero-order chi connectivity index (χ0) is 15.3. The summed E-state index contributed by atoms with van der Waals surface area (Å²) in [5, 5.41) is 5.56. The summed E-state index contributed by atoms with van der Waals surface area (Å²) in [6, 6.07) is 0.367. The lowest BCUT2D eigenvalue weighted by Gasteiger charge is -2.25. The maximum Gasteiger partial charge on any atom is 0.141 e. The second-order valence-corrected chi connectivity index (χ2v) is 7.16. The van der Waals surface area contributed by atoms with Crippen LogP contribution in [0, 0.1) is 13.8 Å². The third kappa shape index (κ3) is 2.01. The summed E-state index contributed by atoms with van der Waals surface area (Å²) < 4.78 is 1.88. The van der Waals surface area contributed by atoms with Crippen LogP contribution in [0.15, 0.2) is 18.7 Å². The van der Waals surface area contributed by atoms with E-state index in [1.165, 1.54) is 27.8 Å². The number of rotatable bonds is 2. The standard InChI is InChI=1S/C16H19N5S/c1-10-11(2)22-16-14(10)15(17-9-18-16)21-6-4-5-13(21)12-7-19-20(3)8-12/h7-9,13H,4-6H2,1-3H3. The van der Waals surface area contributed by atoms with Gasteiger partial charge in [0.05, 0.1) is 17.6 Å². The number of nitrogens with zero attached hydrogens (tertiary/aromatic N) is 5. The number of fused-ring (bicyclic) bond motifs is 1. The quantitative estimate of drug-likeness (QED) is 0.727. The van der Waals surface area contributed by atoms with Crippen molar-refractivity contribution in [1.29, 1.82) is 0 Å². The third-order valence-electron chi connectivity index (χ3n) is 4.58. The molecule has 1 unspecified atom stereocenters. The zero-order valence-electron chi connectivity index (χ0n) is 13.1. The van der Waals surface area contributed by atoms with Crippen molar-refractivity contribution in [2.24, 2.45) is 7.05 Å². The minimum atomic E-state index is 0.367. The highest BCUT2D eigenvalue weighted by atomic mass is 32.1. The Morgan fingerprint density at radius 1 is 1.27 bits per heavy atom. The van der Waals surface area contributed by atoms with Gasteiger partial charge in [-0.05, 0) is 32.3 Å². The van der Waals surface area contributed by atoms with Crippen LogP contribution < -0.4 is 4.90 Å². The molecule has 3 aromatic heterocycles. The van der Waals surface area contributed by atoms with Crippen molar-refractivity contribution >= 4 is 27.4 Å². The molecule has 4 heterocycles. The Morgan fingerprint density at radius 3 is 2.91 bits per heavy atom. The average molecular weight is 313 g/mol. The predicted octanol–water partition coefficient (Wildman–Crippen LogP) is 3.38. The summed E-state index contributed by atoms with van der Waals surface area (Å²) in [5.41, 5.74) is 2.59. The number of anilines is 1. The Balaban J connectivity index is 1.84. The highest BCUT2D eigenvalue weighted by Gasteiger charge is 2.30. The van der Waals surface area contributed by atoms with Crippen LogP contribution in [0.25, 0.3) is 10.2 Å². The topological polar surface area (TPSA) is 46.8 Å². The first-order chi connectivity index (χ1) is 10.6. The summed E-state index contributed by atoms with van der Waals surface area (Å²) in [4.78, 5) is 14.0. The van der Waals surface area contributed by atoms with Gasteiger partial charge in [0.15, 0.2) is 0 Å². The van der Waals surface area contributed by atoms with Crippen molar-refractivity contribution in [3.05, 3.63) is 34.7 Å². The van der Waals surface area contributed by atoms with Crippen LogP contribution >= 0.6 is 11.3 Å². The van der Waals surface area contributed by atoms with Crippen molar-refractivity contribution < 1.29 is 0 Å². The van der Waals surface area contributed by atoms with E-state index in [2.05, 4.69) is 40.0 Å². The van der Waals surface area contributed by atoms with Crippen LogP contribution in [0.3, 0.4) is 0 Å². The lowest BCUT2D eigenvalue weighted by atomic mass is 10.1. The molecule has 1 aliphatic heterocycles. The predicted molar refractivity (Wildman–Crippen MR) is 89.4 cm³/mol. The molecule has 0 saturated carbocycles. The summed E-state index contributed by atoms with van der Waals surface area (Å²) in [7, 11) is 1.97. The van der Waals surface area contributed by atoms with Crippen molar-refractivity contribution in [3.8, 4) is 0 Å². The molecule has 22 heavy (non-hydrogen) atoms. The zero-order valence-corrected chi connectivity index (χ0v) is 13.9. The number of thiophene rings is 1. The summed E-state index contributed by atoms with van der Waals surface area (Å²) in [6.07, 6.45) is 8.14. The molecule has 0 spiro atoms. The van der Waals surface area contributed by atoms with E-state index in [9.17, 15) is 0 Å². The van der Waals surface area contributed by atoms with Gasteiger partial charge < -0.3 is 4.90 Å². The molecule has 1 aliphatic rings. The van der Waals surface area contributed by atoms with Crippen LogP contribution in [0.5, 0.6) is 0 Å². The molecular weight excluding hydrogens is 294 g/mol. The summed E-state index contributed by atoms with van der Waals surface area (Å²) >= 11 is 1.76. The number of hydrogen-bond acceptors (Lipinski definition) is 5. The average Bonchev–Trinajstić information content (AvgIpc) is 3.19. The van der Waals surface area contributed by atoms with Gasteiger partial charge in [-0.25, -0.2) is 9.97 Å². The molecule has 5 nitrogen and oxygen atoms in total. The molecule has 0 N–H and O–H groups in total. The molecule has 114 valence electrons. The molecule has 4 rings (SSSR count). The normalized spacial score (nSPS) is 18.5. The molecule has 1 saturated heterocycles. The van der Waals surface area contributed by atoms with E-state index in [1.807, 2.05) is 17.9 Å². The molecule has 0 aromatic carbocycles. The molecule has 0 radical (unpaired) electrons. The molecule has 0 aliphatic carbocycles. The van der Waals surface area contributed by atoms with Crippen LogP contribution in [-0.4, -0.2) is 26.3 Å². The van der Waals surface area contributed by atoms with Gasteiger partial charge in [0.2, 0.25) is 0 Å². The van der Waals surface area contributed by atoms with Crippen molar-refractivity contribution in [2.75, 3.05) is 11.4 Å². The molecule has 6 heteroatoms. The molecule has 0 amide bonds. The monoisotopic (exact) mass is 313 g/mol. The Kier molecular flexibility index (Phi) is 3.14. The van der Waals surface area contributed by atoms with Crippen LogP contribution in [0.4, 0.5) is 5.82 Å². The highest BCUT2D eigenvalue weighted by Crippen LogP contribution is 2.41. The Morgan fingerprint density at radius 2 is 2.14 bits per heavy atom. The van der Waals surface area contributed by atoms with Gasteiger partial charge >= 0.3 is 0 Å². The van der Waals surface area contributed by atoms with Crippen LogP contribution in [0.1, 0.15) is 34.9 Å². The summed E-state index contributed by atoms with van der Waals surface area (Å²) in [5.74, 6) is 1.08. The third-order valence-corrected chi connectivity index (χ3v) is 5.70. The first-order valence-corrected chi connectivity index (χ1v) is 8.42. The van der Waals surface area contributed by atoms with Gasteiger partial charge in [-0.1, -0.05) is 0 Å². The molecule has 3 aromatic rings. The van der Waals surface area contributed by atoms with E-state index in [0.29, 0.717) is 6.04 Å². The fourth-order valence-corrected chi connectivity index (χ4v) is 4.35. The van der Waals surface area contributed by atoms with Crippen LogP contribution in [-0.2, 0) is 7.05 Å². The molecule has 0 bridgehead atoms. The number of aryl methyl sites for hydroxylation is 3. The van der Waals surface area contributed by atoms with Gasteiger partial charge in [-0.15, -0.1) is 11.3 Å². The molecule has 1 fully saturated rings. The van der Waals surface area contributed by atoms with E-state index in [-0.39, 0.29) is 0 Å². The van der Waals surface area contributed by atoms with Crippen molar-refractivity contribution in [1.82, 2.24) is 19.7 Å². The number of hydrogen-bond donors (Lipinski definition) is 0. The largest absolute Gasteiger partial charge is 0.349 e. The van der Waals surface area contributed by atoms with Gasteiger partial charge in [-0.3, -0.25) is 4.68 Å². The van der Waals surface area contributed by atoms with Gasteiger partial charge in [0.1, 0.15) is 17.0 Å². The minimum Gasteiger partial charge on any atom is -0.349 e. The first-order valence-electron chi connectivity index (χ1n) is 7.61. The van der Waals surface area contributed by atoms with Crippen molar-refractivity contribution in [2.45, 2.75) is 32.7 Å². The maximum absolute atomic E-state index is 4.64. The Bertz CT molecular complexity index is 834. The first kappa shape index (κ1) is 13.7. The van der Waals surface area contributed by atoms with Gasteiger partial charge in [-0.2, -0.15) is 5.10 Å². The van der Waals surface area contributed by atoms with Gasteiger partial charge in [0, 0.05) is 30.2 Å². The smallest absolute Gasteiger partial charge is 0.141 e. The maximum atomic E-state index is 4.64. The molecular formula is C16H19N5S. The fraction of sp³-hybridized carbons (Fsp3) is 0.438. The lowest BCUT2D eigenvalue weighted by Crippen LogP contribution is -2.23. The Labute approximate surface area is 133 Å². The van der Waals surface area contributed by atoms with E-state index < -0.39 is 0 Å². The lowest BCUT2D eigenvalue weighted by molar-refractivity contribution is 0.709. The van der Waals surface area contributed by atoms with E-state index in [0.717, 1.165) is 23.6 Å². The fourth-order valence-electron chi connectivity index (χ4n) is 3.36. The van der Waals surface area contributed by atoms with Crippen LogP contribution in [0.2, 0.25) is 0 Å².